The van der Waals surface area contributed by atoms with Crippen molar-refractivity contribution >= 4 is 46.7 Å². The third kappa shape index (κ3) is 4.88. The van der Waals surface area contributed by atoms with E-state index in [1.54, 1.807) is 18.2 Å². The summed E-state index contributed by atoms with van der Waals surface area (Å²) in [5, 5.41) is 11.2. The predicted octanol–water partition coefficient (Wildman–Crippen LogP) is 4.71. The fourth-order valence-corrected chi connectivity index (χ4v) is 4.69. The number of nitrogens with zero attached hydrogens (tertiary/aromatic N) is 4. The number of rotatable bonds is 7. The third-order valence-corrected chi connectivity index (χ3v) is 6.74. The number of hydrogen-bond donors (Lipinski definition) is 0. The first-order valence-electron chi connectivity index (χ1n) is 11.6. The highest BCUT2D eigenvalue weighted by atomic mass is 32.1. The molecular formula is C27H26N4O5S. The summed E-state index contributed by atoms with van der Waals surface area (Å²) in [5.74, 6) is -0.876. The van der Waals surface area contributed by atoms with Gasteiger partial charge in [0.1, 0.15) is 12.2 Å². The molecule has 0 atom stereocenters. The molecule has 0 radical (unpaired) electrons. The highest BCUT2D eigenvalue weighted by molar-refractivity contribution is 7.80. The molecule has 0 spiro atoms. The maximum Gasteiger partial charge on any atom is 0.325 e. The molecule has 10 heteroatoms. The maximum atomic E-state index is 13.6. The zero-order valence-electron chi connectivity index (χ0n) is 20.9. The first kappa shape index (κ1) is 25.8. The Labute approximate surface area is 219 Å². The number of non-ortho nitro benzene ring substituents is 1. The molecule has 37 heavy (non-hydrogen) atoms. The van der Waals surface area contributed by atoms with Crippen molar-refractivity contribution in [2.75, 3.05) is 18.6 Å². The van der Waals surface area contributed by atoms with E-state index in [9.17, 15) is 19.7 Å². The summed E-state index contributed by atoms with van der Waals surface area (Å²) in [5.41, 5.74) is 5.19. The van der Waals surface area contributed by atoms with E-state index in [1.165, 1.54) is 29.0 Å². The third-order valence-electron chi connectivity index (χ3n) is 6.33. The second-order valence-corrected chi connectivity index (χ2v) is 8.94. The lowest BCUT2D eigenvalue weighted by Crippen LogP contribution is -2.35. The van der Waals surface area contributed by atoms with Crippen LogP contribution in [0.5, 0.6) is 0 Å². The highest BCUT2D eigenvalue weighted by Gasteiger charge is 2.40. The second kappa shape index (κ2) is 10.4. The van der Waals surface area contributed by atoms with E-state index in [1.807, 2.05) is 55.7 Å². The van der Waals surface area contributed by atoms with Crippen LogP contribution in [0.15, 0.2) is 60.3 Å². The molecule has 2 heterocycles. The Morgan fingerprint density at radius 3 is 2.27 bits per heavy atom. The highest BCUT2D eigenvalue weighted by Crippen LogP contribution is 2.31. The average molecular weight is 519 g/mol. The number of ether oxygens (including phenoxy) is 1. The Morgan fingerprint density at radius 2 is 1.70 bits per heavy atom. The summed E-state index contributed by atoms with van der Waals surface area (Å²) in [6, 6.07) is 15.7. The van der Waals surface area contributed by atoms with Gasteiger partial charge in [0.05, 0.1) is 17.7 Å². The molecule has 190 valence electrons. The molecule has 0 saturated carbocycles. The molecule has 0 aliphatic carbocycles. The van der Waals surface area contributed by atoms with Crippen molar-refractivity contribution in [3.63, 3.8) is 0 Å². The van der Waals surface area contributed by atoms with Gasteiger partial charge in [-0.2, -0.15) is 0 Å². The molecule has 0 N–H and O–H groups in total. The van der Waals surface area contributed by atoms with Crippen molar-refractivity contribution in [3.8, 4) is 5.69 Å². The van der Waals surface area contributed by atoms with Crippen LogP contribution in [0.2, 0.25) is 0 Å². The summed E-state index contributed by atoms with van der Waals surface area (Å²) in [7, 11) is 1.28. The zero-order chi connectivity index (χ0) is 26.9. The largest absolute Gasteiger partial charge is 0.468 e. The number of carbonyl (C=O) groups excluding carboxylic acids is 2. The van der Waals surface area contributed by atoms with Gasteiger partial charge < -0.3 is 14.2 Å². The van der Waals surface area contributed by atoms with Crippen molar-refractivity contribution < 1.29 is 19.2 Å². The molecular weight excluding hydrogens is 492 g/mol. The zero-order valence-corrected chi connectivity index (χ0v) is 21.7. The van der Waals surface area contributed by atoms with Gasteiger partial charge in [-0.3, -0.25) is 24.6 Å². The van der Waals surface area contributed by atoms with Gasteiger partial charge in [0, 0.05) is 29.2 Å². The quantitative estimate of drug-likeness (QED) is 0.147. The number of anilines is 1. The number of hydrogen-bond acceptors (Lipinski definition) is 6. The molecule has 0 unspecified atom stereocenters. The molecule has 4 rings (SSSR count). The minimum absolute atomic E-state index is 0.00383. The lowest BCUT2D eigenvalue weighted by atomic mass is 10.1. The fourth-order valence-electron chi connectivity index (χ4n) is 4.34. The van der Waals surface area contributed by atoms with E-state index >= 15 is 0 Å². The van der Waals surface area contributed by atoms with Gasteiger partial charge in [-0.25, -0.2) is 0 Å². The van der Waals surface area contributed by atoms with Crippen LogP contribution >= 0.6 is 12.2 Å². The number of methoxy groups -OCH3 is 1. The topological polar surface area (TPSA) is 97.9 Å². The second-order valence-electron chi connectivity index (χ2n) is 8.57. The van der Waals surface area contributed by atoms with E-state index in [0.717, 1.165) is 34.6 Å². The smallest absolute Gasteiger partial charge is 0.325 e. The Balaban J connectivity index is 1.77. The first-order chi connectivity index (χ1) is 17.7. The van der Waals surface area contributed by atoms with E-state index in [2.05, 4.69) is 0 Å². The molecule has 1 saturated heterocycles. The first-order valence-corrected chi connectivity index (χ1v) is 12.0. The minimum Gasteiger partial charge on any atom is -0.468 e. The van der Waals surface area contributed by atoms with Gasteiger partial charge in [0.15, 0.2) is 5.11 Å². The van der Waals surface area contributed by atoms with Crippen molar-refractivity contribution in [2.45, 2.75) is 27.2 Å². The molecule has 0 bridgehead atoms. The Morgan fingerprint density at radius 1 is 1.08 bits per heavy atom. The van der Waals surface area contributed by atoms with Crippen LogP contribution in [0.25, 0.3) is 11.8 Å². The van der Waals surface area contributed by atoms with Crippen LogP contribution in [0, 0.1) is 24.0 Å². The van der Waals surface area contributed by atoms with Crippen molar-refractivity contribution in [1.82, 2.24) is 9.47 Å². The van der Waals surface area contributed by atoms with Gasteiger partial charge in [0.2, 0.25) is 0 Å². The summed E-state index contributed by atoms with van der Waals surface area (Å²) < 4.78 is 6.79. The van der Waals surface area contributed by atoms with E-state index < -0.39 is 10.9 Å². The van der Waals surface area contributed by atoms with Crippen LogP contribution in [-0.2, 0) is 20.7 Å². The molecule has 1 aromatic heterocycles. The van der Waals surface area contributed by atoms with Gasteiger partial charge in [-0.05, 0) is 80.0 Å². The number of carbonyl (C=O) groups is 2. The lowest BCUT2D eigenvalue weighted by Gasteiger charge is -2.19. The summed E-state index contributed by atoms with van der Waals surface area (Å²) >= 11 is 5.64. The molecule has 1 aliphatic heterocycles. The fraction of sp³-hybridized carbons (Fsp3) is 0.222. The van der Waals surface area contributed by atoms with E-state index in [4.69, 9.17) is 17.0 Å². The SMILES string of the molecule is CCc1ccc(N2C(=O)/C(=C/c3cc(C)n(-c4ccc([N+](=O)[O-])cc4)c3C)N(CC(=O)OC)C2=S)cc1. The molecule has 1 amide bonds. The molecule has 9 nitrogen and oxygen atoms in total. The number of benzene rings is 2. The molecule has 1 aliphatic rings. The maximum absolute atomic E-state index is 13.6. The van der Waals surface area contributed by atoms with Crippen LogP contribution in [0.4, 0.5) is 11.4 Å². The van der Waals surface area contributed by atoms with Crippen LogP contribution in [0.3, 0.4) is 0 Å². The number of nitro benzene ring substituents is 1. The number of nitro groups is 1. The summed E-state index contributed by atoms with van der Waals surface area (Å²) in [6.07, 6.45) is 2.57. The Bertz CT molecular complexity index is 1420. The molecule has 3 aromatic rings. The Kier molecular flexibility index (Phi) is 7.21. The standard InChI is InChI=1S/C27H26N4O5S/c1-5-19-6-8-22(9-7-19)30-26(33)24(28(27(30)37)16-25(32)36-4)15-20-14-17(2)29(18(20)3)21-10-12-23(13-11-21)31(34)35/h6-15H,5,16H2,1-4H3/b24-15-. The number of aryl methyl sites for hydroxylation is 2. The summed E-state index contributed by atoms with van der Waals surface area (Å²) in [6.45, 7) is 5.64. The van der Waals surface area contributed by atoms with Gasteiger partial charge in [-0.1, -0.05) is 19.1 Å². The van der Waals surface area contributed by atoms with Gasteiger partial charge in [0.25, 0.3) is 11.6 Å². The van der Waals surface area contributed by atoms with E-state index in [-0.39, 0.29) is 28.9 Å². The molecule has 1 fully saturated rings. The minimum atomic E-state index is -0.527. The average Bonchev–Trinajstić information content (AvgIpc) is 3.30. The van der Waals surface area contributed by atoms with Crippen LogP contribution in [-0.4, -0.2) is 45.0 Å². The van der Waals surface area contributed by atoms with Crippen molar-refractivity contribution in [1.29, 1.82) is 0 Å². The van der Waals surface area contributed by atoms with Crippen molar-refractivity contribution in [2.24, 2.45) is 0 Å². The Hall–Kier alpha value is -4.31. The normalized spacial score (nSPS) is 14.5. The van der Waals surface area contributed by atoms with E-state index in [0.29, 0.717) is 5.69 Å². The lowest BCUT2D eigenvalue weighted by molar-refractivity contribution is -0.384. The monoisotopic (exact) mass is 518 g/mol. The predicted molar refractivity (Wildman–Crippen MR) is 145 cm³/mol. The summed E-state index contributed by atoms with van der Waals surface area (Å²) in [4.78, 5) is 39.3. The van der Waals surface area contributed by atoms with Crippen molar-refractivity contribution in [3.05, 3.63) is 92.9 Å². The van der Waals surface area contributed by atoms with Gasteiger partial charge >= 0.3 is 5.97 Å². The van der Waals surface area contributed by atoms with Crippen LogP contribution in [0.1, 0.15) is 29.4 Å². The number of aromatic nitrogens is 1. The van der Waals surface area contributed by atoms with Crippen LogP contribution < -0.4 is 4.90 Å². The number of esters is 1. The number of amides is 1. The van der Waals surface area contributed by atoms with Gasteiger partial charge in [-0.15, -0.1) is 0 Å². The number of thiocarbonyl (C=S) groups is 1. The molecule has 2 aromatic carbocycles.